The van der Waals surface area contributed by atoms with Crippen LogP contribution in [0.2, 0.25) is 0 Å². The molecule has 0 bridgehead atoms. The lowest BCUT2D eigenvalue weighted by molar-refractivity contribution is -0.142. The van der Waals surface area contributed by atoms with Crippen molar-refractivity contribution in [3.05, 3.63) is 41.6 Å². The maximum absolute atomic E-state index is 11.0. The van der Waals surface area contributed by atoms with Gasteiger partial charge < -0.3 is 5.11 Å². The largest absolute Gasteiger partial charge is 0.481 e. The molecular weight excluding hydrogens is 214 g/mol. The smallest absolute Gasteiger partial charge is 0.306 e. The van der Waals surface area contributed by atoms with Crippen LogP contribution in [0.5, 0.6) is 0 Å². The molecule has 1 atom stereocenters. The van der Waals surface area contributed by atoms with Crippen molar-refractivity contribution in [3.8, 4) is 0 Å². The summed E-state index contributed by atoms with van der Waals surface area (Å²) >= 11 is 0. The summed E-state index contributed by atoms with van der Waals surface area (Å²) < 4.78 is 0. The molecule has 1 N–H and O–H groups in total. The van der Waals surface area contributed by atoms with E-state index in [1.165, 1.54) is 5.56 Å². The van der Waals surface area contributed by atoms with E-state index in [0.29, 0.717) is 6.42 Å². The van der Waals surface area contributed by atoms with E-state index in [1.807, 2.05) is 24.3 Å². The Hall–Kier alpha value is -1.90. The molecule has 0 spiro atoms. The van der Waals surface area contributed by atoms with E-state index in [4.69, 9.17) is 5.11 Å². The van der Waals surface area contributed by atoms with E-state index in [0.717, 1.165) is 29.4 Å². The Balaban J connectivity index is 2.07. The van der Waals surface area contributed by atoms with E-state index >= 15 is 0 Å². The third-order valence-corrected chi connectivity index (χ3v) is 3.44. The summed E-state index contributed by atoms with van der Waals surface area (Å²) in [6, 6.07) is 10.1. The second-order valence-electron chi connectivity index (χ2n) is 4.56. The lowest BCUT2D eigenvalue weighted by Gasteiger charge is -2.21. The first-order chi connectivity index (χ1) is 8.24. The van der Waals surface area contributed by atoms with Crippen LogP contribution < -0.4 is 0 Å². The van der Waals surface area contributed by atoms with Gasteiger partial charge in [0.15, 0.2) is 0 Å². The summed E-state index contributed by atoms with van der Waals surface area (Å²) in [5.74, 6) is -0.971. The van der Waals surface area contributed by atoms with Gasteiger partial charge in [-0.15, -0.1) is 0 Å². The van der Waals surface area contributed by atoms with Crippen molar-refractivity contribution in [1.29, 1.82) is 0 Å². The van der Waals surface area contributed by atoms with Crippen molar-refractivity contribution < 1.29 is 9.90 Å². The first kappa shape index (κ1) is 10.3. The number of carboxylic acids is 1. The van der Waals surface area contributed by atoms with E-state index in [-0.39, 0.29) is 5.92 Å². The number of aromatic nitrogens is 1. The quantitative estimate of drug-likeness (QED) is 0.814. The Kier molecular flexibility index (Phi) is 2.32. The van der Waals surface area contributed by atoms with Crippen LogP contribution in [-0.2, 0) is 17.6 Å². The molecule has 3 heteroatoms. The summed E-state index contributed by atoms with van der Waals surface area (Å²) in [7, 11) is 0. The lowest BCUT2D eigenvalue weighted by Crippen LogP contribution is -2.23. The van der Waals surface area contributed by atoms with Gasteiger partial charge >= 0.3 is 5.97 Å². The second-order valence-corrected chi connectivity index (χ2v) is 4.56. The predicted molar refractivity (Wildman–Crippen MR) is 64.9 cm³/mol. The number of nitrogens with zero attached hydrogens (tertiary/aromatic N) is 1. The van der Waals surface area contributed by atoms with E-state index < -0.39 is 5.97 Å². The third-order valence-electron chi connectivity index (χ3n) is 3.44. The average molecular weight is 227 g/mol. The van der Waals surface area contributed by atoms with Crippen LogP contribution in [0.25, 0.3) is 10.9 Å². The number of fused-ring (bicyclic) bond motifs is 2. The maximum atomic E-state index is 11.0. The molecule has 3 nitrogen and oxygen atoms in total. The van der Waals surface area contributed by atoms with Crippen LogP contribution in [0.1, 0.15) is 17.7 Å². The zero-order valence-corrected chi connectivity index (χ0v) is 9.39. The van der Waals surface area contributed by atoms with Crippen molar-refractivity contribution in [3.63, 3.8) is 0 Å². The van der Waals surface area contributed by atoms with E-state index in [9.17, 15) is 4.79 Å². The number of aryl methyl sites for hydroxylation is 1. The zero-order valence-electron chi connectivity index (χ0n) is 9.39. The van der Waals surface area contributed by atoms with Gasteiger partial charge in [-0.2, -0.15) is 0 Å². The van der Waals surface area contributed by atoms with Gasteiger partial charge in [-0.3, -0.25) is 9.78 Å². The van der Waals surface area contributed by atoms with Crippen LogP contribution >= 0.6 is 0 Å². The number of carbonyl (C=O) groups is 1. The Labute approximate surface area is 99.1 Å². The molecule has 1 aliphatic carbocycles. The van der Waals surface area contributed by atoms with Crippen molar-refractivity contribution in [2.24, 2.45) is 5.92 Å². The molecule has 1 aromatic heterocycles. The standard InChI is InChI=1S/C14H13NO2/c16-14(17)11-6-5-10-7-9-3-1-2-4-12(9)15-13(10)8-11/h1-4,7,11H,5-6,8H2,(H,16,17). The Morgan fingerprint density at radius 2 is 2.18 bits per heavy atom. The number of pyridine rings is 1. The van der Waals surface area contributed by atoms with Crippen LogP contribution in [0.3, 0.4) is 0 Å². The molecule has 0 saturated carbocycles. The average Bonchev–Trinajstić information content (AvgIpc) is 2.35. The molecule has 1 unspecified atom stereocenters. The maximum Gasteiger partial charge on any atom is 0.306 e. The molecule has 0 amide bonds. The summed E-state index contributed by atoms with van der Waals surface area (Å²) in [6.45, 7) is 0. The van der Waals surface area contributed by atoms with E-state index in [2.05, 4.69) is 11.1 Å². The van der Waals surface area contributed by atoms with Crippen molar-refractivity contribution in [2.75, 3.05) is 0 Å². The van der Waals surface area contributed by atoms with Crippen LogP contribution in [-0.4, -0.2) is 16.1 Å². The highest BCUT2D eigenvalue weighted by molar-refractivity contribution is 5.80. The van der Waals surface area contributed by atoms with Gasteiger partial charge in [-0.25, -0.2) is 0 Å². The molecule has 17 heavy (non-hydrogen) atoms. The normalized spacial score (nSPS) is 18.9. The monoisotopic (exact) mass is 227 g/mol. The van der Waals surface area contributed by atoms with Gasteiger partial charge in [0.2, 0.25) is 0 Å². The molecule has 0 saturated heterocycles. The van der Waals surface area contributed by atoms with Crippen molar-refractivity contribution >= 4 is 16.9 Å². The number of hydrogen-bond acceptors (Lipinski definition) is 2. The van der Waals surface area contributed by atoms with Crippen molar-refractivity contribution in [2.45, 2.75) is 19.3 Å². The third kappa shape index (κ3) is 1.78. The topological polar surface area (TPSA) is 50.2 Å². The SMILES string of the molecule is O=C(O)C1CCc2cc3ccccc3nc2C1. The molecule has 3 rings (SSSR count). The first-order valence-corrected chi connectivity index (χ1v) is 5.84. The number of carboxylic acid groups (broad SMARTS) is 1. The van der Waals surface area contributed by atoms with Gasteiger partial charge in [0.1, 0.15) is 0 Å². The fourth-order valence-corrected chi connectivity index (χ4v) is 2.47. The zero-order chi connectivity index (χ0) is 11.8. The first-order valence-electron chi connectivity index (χ1n) is 5.84. The Bertz CT molecular complexity index is 592. The van der Waals surface area contributed by atoms with Crippen LogP contribution in [0.4, 0.5) is 0 Å². The minimum Gasteiger partial charge on any atom is -0.481 e. The molecule has 1 aromatic carbocycles. The Morgan fingerprint density at radius 3 is 3.00 bits per heavy atom. The number of benzene rings is 1. The number of aliphatic carboxylic acids is 1. The van der Waals surface area contributed by atoms with Gasteiger partial charge in [0.05, 0.1) is 11.4 Å². The number of para-hydroxylation sites is 1. The lowest BCUT2D eigenvalue weighted by atomic mass is 9.86. The molecular formula is C14H13NO2. The highest BCUT2D eigenvalue weighted by atomic mass is 16.4. The molecule has 0 radical (unpaired) electrons. The van der Waals surface area contributed by atoms with Crippen LogP contribution in [0.15, 0.2) is 30.3 Å². The number of rotatable bonds is 1. The highest BCUT2D eigenvalue weighted by Gasteiger charge is 2.25. The molecule has 0 fully saturated rings. The fourth-order valence-electron chi connectivity index (χ4n) is 2.47. The van der Waals surface area contributed by atoms with E-state index in [1.54, 1.807) is 0 Å². The van der Waals surface area contributed by atoms with Gasteiger partial charge in [0.25, 0.3) is 0 Å². The molecule has 1 heterocycles. The predicted octanol–water partition coefficient (Wildman–Crippen LogP) is 2.42. The van der Waals surface area contributed by atoms with Gasteiger partial charge in [-0.05, 0) is 30.5 Å². The van der Waals surface area contributed by atoms with Gasteiger partial charge in [-0.1, -0.05) is 18.2 Å². The van der Waals surface area contributed by atoms with Gasteiger partial charge in [0, 0.05) is 17.5 Å². The molecule has 2 aromatic rings. The summed E-state index contributed by atoms with van der Waals surface area (Å²) in [6.07, 6.45) is 2.11. The summed E-state index contributed by atoms with van der Waals surface area (Å²) in [4.78, 5) is 15.6. The minimum atomic E-state index is -0.703. The minimum absolute atomic E-state index is 0.267. The highest BCUT2D eigenvalue weighted by Crippen LogP contribution is 2.27. The van der Waals surface area contributed by atoms with Crippen molar-refractivity contribution in [1.82, 2.24) is 4.98 Å². The van der Waals surface area contributed by atoms with Crippen LogP contribution in [0, 0.1) is 5.92 Å². The molecule has 0 aliphatic heterocycles. The molecule has 1 aliphatic rings. The fraction of sp³-hybridized carbons (Fsp3) is 0.286. The molecule has 86 valence electrons. The Morgan fingerprint density at radius 1 is 1.35 bits per heavy atom. The summed E-state index contributed by atoms with van der Waals surface area (Å²) in [5, 5.41) is 10.2. The number of hydrogen-bond donors (Lipinski definition) is 1. The summed E-state index contributed by atoms with van der Waals surface area (Å²) in [5.41, 5.74) is 3.13. The second kappa shape index (κ2) is 3.84.